The summed E-state index contributed by atoms with van der Waals surface area (Å²) in [6, 6.07) is 12.0. The van der Waals surface area contributed by atoms with Gasteiger partial charge in [0.05, 0.1) is 19.8 Å². The average Bonchev–Trinajstić information content (AvgIpc) is 2.99. The molecule has 0 bridgehead atoms. The van der Waals surface area contributed by atoms with Crippen molar-refractivity contribution in [3.8, 4) is 5.75 Å². The first-order valence-electron chi connectivity index (χ1n) is 7.53. The van der Waals surface area contributed by atoms with Crippen molar-refractivity contribution in [2.24, 2.45) is 5.92 Å². The third kappa shape index (κ3) is 1.93. The zero-order chi connectivity index (χ0) is 15.1. The molecule has 22 heavy (non-hydrogen) atoms. The Kier molecular flexibility index (Phi) is 3.15. The monoisotopic (exact) mass is 299 g/mol. The first-order chi connectivity index (χ1) is 10.8. The maximum Gasteiger partial charge on any atom is 0.434 e. The van der Waals surface area contributed by atoms with E-state index in [1.165, 1.54) is 5.06 Å². The Morgan fingerprint density at radius 3 is 3.00 bits per heavy atom. The number of hydroxylamine groups is 2. The van der Waals surface area contributed by atoms with Gasteiger partial charge in [-0.25, -0.2) is 4.79 Å². The maximum absolute atomic E-state index is 12.2. The van der Waals surface area contributed by atoms with E-state index in [4.69, 9.17) is 14.3 Å². The Hall–Kier alpha value is -2.27. The molecule has 1 saturated heterocycles. The second kappa shape index (κ2) is 5.18. The molecule has 5 nitrogen and oxygen atoms in total. The third-order valence-corrected chi connectivity index (χ3v) is 4.25. The van der Waals surface area contributed by atoms with Crippen molar-refractivity contribution in [1.82, 2.24) is 5.06 Å². The van der Waals surface area contributed by atoms with Crippen LogP contribution in [0.15, 0.2) is 36.4 Å². The summed E-state index contributed by atoms with van der Waals surface area (Å²) in [5, 5.41) is 3.60. The fourth-order valence-corrected chi connectivity index (χ4v) is 3.29. The molecule has 1 fully saturated rings. The van der Waals surface area contributed by atoms with Gasteiger partial charge in [0.25, 0.3) is 0 Å². The maximum atomic E-state index is 12.2. The van der Waals surface area contributed by atoms with Crippen LogP contribution in [0.2, 0.25) is 0 Å². The number of hydrogen-bond donors (Lipinski definition) is 0. The predicted molar refractivity (Wildman–Crippen MR) is 80.5 cm³/mol. The van der Waals surface area contributed by atoms with Gasteiger partial charge in [0.1, 0.15) is 11.8 Å². The van der Waals surface area contributed by atoms with Gasteiger partial charge in [-0.3, -0.25) is 4.84 Å². The van der Waals surface area contributed by atoms with Crippen LogP contribution in [0.5, 0.6) is 5.75 Å². The minimum Gasteiger partial charge on any atom is -0.493 e. The quantitative estimate of drug-likeness (QED) is 0.810. The Morgan fingerprint density at radius 2 is 2.14 bits per heavy atom. The molecule has 1 amide bonds. The fraction of sp³-hybridized carbons (Fsp3) is 0.353. The molecule has 4 rings (SSSR count). The molecule has 0 aliphatic carbocycles. The zero-order valence-corrected chi connectivity index (χ0v) is 12.3. The third-order valence-electron chi connectivity index (χ3n) is 4.25. The molecule has 114 valence electrons. The average molecular weight is 299 g/mol. The van der Waals surface area contributed by atoms with Crippen molar-refractivity contribution >= 4 is 16.9 Å². The van der Waals surface area contributed by atoms with Gasteiger partial charge in [0.2, 0.25) is 0 Å². The zero-order valence-electron chi connectivity index (χ0n) is 12.3. The molecular weight excluding hydrogens is 282 g/mol. The van der Waals surface area contributed by atoms with Gasteiger partial charge in [-0.2, -0.15) is 5.06 Å². The lowest BCUT2D eigenvalue weighted by Crippen LogP contribution is -2.35. The molecule has 2 aromatic carbocycles. The fourth-order valence-electron chi connectivity index (χ4n) is 3.29. The highest BCUT2D eigenvalue weighted by molar-refractivity contribution is 5.89. The van der Waals surface area contributed by atoms with Crippen molar-refractivity contribution < 1.29 is 19.1 Å². The van der Waals surface area contributed by atoms with Crippen LogP contribution in [-0.2, 0) is 9.57 Å². The van der Waals surface area contributed by atoms with Crippen molar-refractivity contribution in [1.29, 1.82) is 0 Å². The van der Waals surface area contributed by atoms with Crippen LogP contribution in [0, 0.1) is 5.92 Å². The topological polar surface area (TPSA) is 48.0 Å². The minimum absolute atomic E-state index is 0.128. The van der Waals surface area contributed by atoms with Crippen LogP contribution in [0.4, 0.5) is 4.79 Å². The predicted octanol–water partition coefficient (Wildman–Crippen LogP) is 3.29. The molecule has 2 aromatic rings. The highest BCUT2D eigenvalue weighted by Crippen LogP contribution is 2.46. The van der Waals surface area contributed by atoms with Gasteiger partial charge in [0, 0.05) is 11.5 Å². The smallest absolute Gasteiger partial charge is 0.434 e. The summed E-state index contributed by atoms with van der Waals surface area (Å²) < 4.78 is 11.0. The summed E-state index contributed by atoms with van der Waals surface area (Å²) >= 11 is 0. The Labute approximate surface area is 128 Å². The first-order valence-corrected chi connectivity index (χ1v) is 7.53. The molecule has 2 unspecified atom stereocenters. The van der Waals surface area contributed by atoms with E-state index in [0.717, 1.165) is 22.1 Å². The Bertz CT molecular complexity index is 730. The summed E-state index contributed by atoms with van der Waals surface area (Å²) in [6.45, 7) is 3.13. The minimum atomic E-state index is -0.434. The van der Waals surface area contributed by atoms with Gasteiger partial charge < -0.3 is 9.47 Å². The SMILES string of the molecule is CCOC(=O)N1OCC2COc3ccc4ccccc4c3C21. The normalized spacial score (nSPS) is 22.9. The molecule has 0 radical (unpaired) electrons. The molecular formula is C17H17NO4. The molecule has 2 heterocycles. The van der Waals surface area contributed by atoms with E-state index < -0.39 is 6.09 Å². The van der Waals surface area contributed by atoms with Crippen LogP contribution in [0.25, 0.3) is 10.8 Å². The number of fused-ring (bicyclic) bond motifs is 5. The lowest BCUT2D eigenvalue weighted by Gasteiger charge is -2.31. The van der Waals surface area contributed by atoms with E-state index >= 15 is 0 Å². The van der Waals surface area contributed by atoms with E-state index in [0.29, 0.717) is 19.8 Å². The molecule has 2 atom stereocenters. The van der Waals surface area contributed by atoms with Crippen molar-refractivity contribution in [2.45, 2.75) is 13.0 Å². The van der Waals surface area contributed by atoms with E-state index in [1.54, 1.807) is 6.92 Å². The lowest BCUT2D eigenvalue weighted by molar-refractivity contribution is -0.111. The number of ether oxygens (including phenoxy) is 2. The number of benzene rings is 2. The first kappa shape index (κ1) is 13.4. The van der Waals surface area contributed by atoms with Crippen LogP contribution in [0.3, 0.4) is 0 Å². The van der Waals surface area contributed by atoms with Crippen molar-refractivity contribution in [2.75, 3.05) is 19.8 Å². The van der Waals surface area contributed by atoms with Gasteiger partial charge in [-0.1, -0.05) is 30.3 Å². The van der Waals surface area contributed by atoms with Crippen LogP contribution >= 0.6 is 0 Å². The van der Waals surface area contributed by atoms with E-state index in [2.05, 4.69) is 12.1 Å². The van der Waals surface area contributed by atoms with Crippen LogP contribution < -0.4 is 4.74 Å². The number of hydrogen-bond acceptors (Lipinski definition) is 4. The molecule has 2 aliphatic heterocycles. The Morgan fingerprint density at radius 1 is 1.27 bits per heavy atom. The summed E-state index contributed by atoms with van der Waals surface area (Å²) in [5.74, 6) is 0.947. The largest absolute Gasteiger partial charge is 0.493 e. The van der Waals surface area contributed by atoms with Crippen LogP contribution in [0.1, 0.15) is 18.5 Å². The van der Waals surface area contributed by atoms with Gasteiger partial charge in [-0.15, -0.1) is 0 Å². The summed E-state index contributed by atoms with van der Waals surface area (Å²) in [6.07, 6.45) is -0.434. The van der Waals surface area contributed by atoms with E-state index in [-0.39, 0.29) is 12.0 Å². The van der Waals surface area contributed by atoms with Gasteiger partial charge in [0.15, 0.2) is 0 Å². The highest BCUT2D eigenvalue weighted by Gasteiger charge is 2.45. The Balaban J connectivity index is 1.85. The standard InChI is InChI=1S/C17H17NO4/c1-2-20-17(19)18-16-12(10-22-18)9-21-14-8-7-11-5-3-4-6-13(11)15(14)16/h3-8,12,16H,2,9-10H2,1H3. The molecule has 0 aromatic heterocycles. The molecule has 0 spiro atoms. The highest BCUT2D eigenvalue weighted by atomic mass is 16.7. The van der Waals surface area contributed by atoms with Gasteiger partial charge in [-0.05, 0) is 23.8 Å². The number of carbonyl (C=O) groups is 1. The molecule has 0 N–H and O–H groups in total. The van der Waals surface area contributed by atoms with Gasteiger partial charge >= 0.3 is 6.09 Å². The molecule has 0 saturated carbocycles. The summed E-state index contributed by atoms with van der Waals surface area (Å²) in [5.41, 5.74) is 1.01. The second-order valence-electron chi connectivity index (χ2n) is 5.53. The molecule has 2 aliphatic rings. The number of rotatable bonds is 1. The van der Waals surface area contributed by atoms with Crippen LogP contribution in [-0.4, -0.2) is 31.0 Å². The second-order valence-corrected chi connectivity index (χ2v) is 5.53. The van der Waals surface area contributed by atoms with Crippen molar-refractivity contribution in [3.63, 3.8) is 0 Å². The van der Waals surface area contributed by atoms with E-state index in [1.807, 2.05) is 24.3 Å². The summed E-state index contributed by atoms with van der Waals surface area (Å²) in [4.78, 5) is 17.8. The number of nitrogens with zero attached hydrogens (tertiary/aromatic N) is 1. The summed E-state index contributed by atoms with van der Waals surface area (Å²) in [7, 11) is 0. The number of amides is 1. The van der Waals surface area contributed by atoms with E-state index in [9.17, 15) is 4.79 Å². The lowest BCUT2D eigenvalue weighted by atomic mass is 9.88. The number of carbonyl (C=O) groups excluding carboxylic acids is 1. The van der Waals surface area contributed by atoms with Crippen molar-refractivity contribution in [3.05, 3.63) is 42.0 Å². The molecule has 5 heteroatoms.